The van der Waals surface area contributed by atoms with Gasteiger partial charge in [-0.2, -0.15) is 5.10 Å². The van der Waals surface area contributed by atoms with E-state index in [1.165, 1.54) is 0 Å². The molecular formula is C14H24N4O. The molecule has 1 aromatic heterocycles. The molecule has 2 rings (SSSR count). The van der Waals surface area contributed by atoms with Gasteiger partial charge < -0.3 is 10.2 Å². The molecule has 5 nitrogen and oxygen atoms in total. The summed E-state index contributed by atoms with van der Waals surface area (Å²) in [5.41, 5.74) is 3.15. The summed E-state index contributed by atoms with van der Waals surface area (Å²) in [6.45, 7) is 5.78. The average Bonchev–Trinajstić information content (AvgIpc) is 2.91. The highest BCUT2D eigenvalue weighted by molar-refractivity contribution is 5.80. The first kappa shape index (κ1) is 14.1. The number of likely N-dealkylation sites (tertiary alicyclic amines) is 1. The van der Waals surface area contributed by atoms with Crippen molar-refractivity contribution in [1.29, 1.82) is 0 Å². The lowest BCUT2D eigenvalue weighted by Gasteiger charge is -2.24. The monoisotopic (exact) mass is 264 g/mol. The van der Waals surface area contributed by atoms with Gasteiger partial charge in [0.25, 0.3) is 0 Å². The lowest BCUT2D eigenvalue weighted by Crippen LogP contribution is -2.41. The van der Waals surface area contributed by atoms with Gasteiger partial charge in [-0.25, -0.2) is 0 Å². The minimum Gasteiger partial charge on any atom is -0.338 e. The lowest BCUT2D eigenvalue weighted by molar-refractivity contribution is -0.131. The van der Waals surface area contributed by atoms with E-state index in [0.717, 1.165) is 42.9 Å². The van der Waals surface area contributed by atoms with E-state index < -0.39 is 0 Å². The fourth-order valence-electron chi connectivity index (χ4n) is 2.94. The van der Waals surface area contributed by atoms with Gasteiger partial charge in [-0.1, -0.05) is 0 Å². The summed E-state index contributed by atoms with van der Waals surface area (Å²) in [5.74, 6) is 0.233. The highest BCUT2D eigenvalue weighted by atomic mass is 16.2. The zero-order valence-electron chi connectivity index (χ0n) is 12.4. The van der Waals surface area contributed by atoms with Crippen LogP contribution in [-0.2, 0) is 18.3 Å². The van der Waals surface area contributed by atoms with Crippen LogP contribution >= 0.6 is 0 Å². The molecule has 19 heavy (non-hydrogen) atoms. The molecule has 0 radical (unpaired) electrons. The normalized spacial score (nSPS) is 19.2. The first-order chi connectivity index (χ1) is 9.04. The highest BCUT2D eigenvalue weighted by Crippen LogP contribution is 2.20. The maximum absolute atomic E-state index is 12.5. The summed E-state index contributed by atoms with van der Waals surface area (Å²) in [6, 6.07) is 0.356. The standard InChI is InChI=1S/C14H24N4O/c1-10-13(11(2)17(4)16-10)8-14(19)18-7-5-6-12(18)9-15-3/h12,15H,5-9H2,1-4H3. The van der Waals surface area contributed by atoms with Crippen LogP contribution in [0.4, 0.5) is 0 Å². The topological polar surface area (TPSA) is 50.2 Å². The van der Waals surface area contributed by atoms with E-state index in [9.17, 15) is 4.79 Å². The summed E-state index contributed by atoms with van der Waals surface area (Å²) < 4.78 is 1.85. The van der Waals surface area contributed by atoms with Gasteiger partial charge in [0.15, 0.2) is 0 Å². The molecule has 0 bridgehead atoms. The van der Waals surface area contributed by atoms with Crippen molar-refractivity contribution in [3.8, 4) is 0 Å². The fraction of sp³-hybridized carbons (Fsp3) is 0.714. The Morgan fingerprint density at radius 1 is 1.47 bits per heavy atom. The van der Waals surface area contributed by atoms with Crippen molar-refractivity contribution in [3.63, 3.8) is 0 Å². The molecule has 0 aromatic carbocycles. The molecule has 1 unspecified atom stereocenters. The summed E-state index contributed by atoms with van der Waals surface area (Å²) in [6.07, 6.45) is 2.70. The average molecular weight is 264 g/mol. The largest absolute Gasteiger partial charge is 0.338 e. The lowest BCUT2D eigenvalue weighted by atomic mass is 10.1. The number of rotatable bonds is 4. The van der Waals surface area contributed by atoms with E-state index in [1.807, 2.05) is 37.5 Å². The number of hydrogen-bond donors (Lipinski definition) is 1. The number of aromatic nitrogens is 2. The third-order valence-electron chi connectivity index (χ3n) is 4.12. The van der Waals surface area contributed by atoms with Gasteiger partial charge in [0, 0.05) is 37.4 Å². The molecule has 106 valence electrons. The summed E-state index contributed by atoms with van der Waals surface area (Å²) >= 11 is 0. The van der Waals surface area contributed by atoms with Crippen LogP contribution in [0, 0.1) is 13.8 Å². The fourth-order valence-corrected chi connectivity index (χ4v) is 2.94. The number of carbonyl (C=O) groups is 1. The molecule has 0 aliphatic carbocycles. The molecular weight excluding hydrogens is 240 g/mol. The third-order valence-corrected chi connectivity index (χ3v) is 4.12. The van der Waals surface area contributed by atoms with Gasteiger partial charge in [0.2, 0.25) is 5.91 Å². The van der Waals surface area contributed by atoms with E-state index in [-0.39, 0.29) is 5.91 Å². The summed E-state index contributed by atoms with van der Waals surface area (Å²) in [4.78, 5) is 14.5. The summed E-state index contributed by atoms with van der Waals surface area (Å²) in [5, 5.41) is 7.55. The van der Waals surface area contributed by atoms with Gasteiger partial charge in [-0.15, -0.1) is 0 Å². The van der Waals surface area contributed by atoms with Gasteiger partial charge in [-0.05, 0) is 33.7 Å². The second-order valence-electron chi connectivity index (χ2n) is 5.39. The van der Waals surface area contributed by atoms with Crippen molar-refractivity contribution in [1.82, 2.24) is 20.0 Å². The second kappa shape index (κ2) is 5.74. The predicted molar refractivity (Wildman–Crippen MR) is 75.0 cm³/mol. The number of nitrogens with one attached hydrogen (secondary N) is 1. The van der Waals surface area contributed by atoms with Crippen LogP contribution in [0.3, 0.4) is 0 Å². The van der Waals surface area contributed by atoms with E-state index in [0.29, 0.717) is 12.5 Å². The molecule has 1 aliphatic heterocycles. The van der Waals surface area contributed by atoms with Crippen molar-refractivity contribution >= 4 is 5.91 Å². The molecule has 1 aromatic rings. The molecule has 1 N–H and O–H groups in total. The first-order valence-corrected chi connectivity index (χ1v) is 6.97. The van der Waals surface area contributed by atoms with E-state index in [4.69, 9.17) is 0 Å². The quantitative estimate of drug-likeness (QED) is 0.875. The predicted octanol–water partition coefficient (Wildman–Crippen LogP) is 0.790. The molecule has 2 heterocycles. The van der Waals surface area contributed by atoms with Crippen LogP contribution in [0.1, 0.15) is 29.8 Å². The van der Waals surface area contributed by atoms with Crippen LogP contribution in [-0.4, -0.2) is 46.8 Å². The van der Waals surface area contributed by atoms with Crippen molar-refractivity contribution < 1.29 is 4.79 Å². The maximum atomic E-state index is 12.5. The van der Waals surface area contributed by atoms with Gasteiger partial charge in [-0.3, -0.25) is 9.48 Å². The zero-order chi connectivity index (χ0) is 14.0. The Morgan fingerprint density at radius 3 is 2.79 bits per heavy atom. The van der Waals surface area contributed by atoms with Crippen LogP contribution in [0.5, 0.6) is 0 Å². The Morgan fingerprint density at radius 2 is 2.21 bits per heavy atom. The molecule has 1 atom stereocenters. The van der Waals surface area contributed by atoms with E-state index in [2.05, 4.69) is 10.4 Å². The van der Waals surface area contributed by atoms with Crippen LogP contribution in [0.25, 0.3) is 0 Å². The Balaban J connectivity index is 2.08. The van der Waals surface area contributed by atoms with E-state index >= 15 is 0 Å². The van der Waals surface area contributed by atoms with Crippen molar-refractivity contribution in [3.05, 3.63) is 17.0 Å². The molecule has 0 saturated carbocycles. The van der Waals surface area contributed by atoms with Crippen molar-refractivity contribution in [2.24, 2.45) is 7.05 Å². The van der Waals surface area contributed by atoms with E-state index in [1.54, 1.807) is 0 Å². The van der Waals surface area contributed by atoms with Crippen molar-refractivity contribution in [2.75, 3.05) is 20.1 Å². The number of amides is 1. The smallest absolute Gasteiger partial charge is 0.227 e. The number of nitrogens with zero attached hydrogens (tertiary/aromatic N) is 3. The van der Waals surface area contributed by atoms with Crippen molar-refractivity contribution in [2.45, 2.75) is 39.2 Å². The summed E-state index contributed by atoms with van der Waals surface area (Å²) in [7, 11) is 3.87. The Labute approximate surface area is 115 Å². The van der Waals surface area contributed by atoms with Crippen LogP contribution in [0.2, 0.25) is 0 Å². The zero-order valence-corrected chi connectivity index (χ0v) is 12.4. The molecule has 0 spiro atoms. The SMILES string of the molecule is CNCC1CCCN1C(=O)Cc1c(C)nn(C)c1C. The highest BCUT2D eigenvalue weighted by Gasteiger charge is 2.28. The van der Waals surface area contributed by atoms with Gasteiger partial charge in [0.1, 0.15) is 0 Å². The Kier molecular flexibility index (Phi) is 4.24. The third kappa shape index (κ3) is 2.81. The minimum absolute atomic E-state index is 0.233. The Hall–Kier alpha value is -1.36. The number of aryl methyl sites for hydroxylation is 2. The number of carbonyl (C=O) groups excluding carboxylic acids is 1. The number of hydrogen-bond acceptors (Lipinski definition) is 3. The molecule has 1 saturated heterocycles. The first-order valence-electron chi connectivity index (χ1n) is 6.97. The molecule has 1 fully saturated rings. The Bertz CT molecular complexity index is 466. The van der Waals surface area contributed by atoms with Gasteiger partial charge >= 0.3 is 0 Å². The van der Waals surface area contributed by atoms with Crippen LogP contribution < -0.4 is 5.32 Å². The second-order valence-corrected chi connectivity index (χ2v) is 5.39. The minimum atomic E-state index is 0.233. The molecule has 1 aliphatic rings. The van der Waals surface area contributed by atoms with Gasteiger partial charge in [0.05, 0.1) is 12.1 Å². The number of likely N-dealkylation sites (N-methyl/N-ethyl adjacent to an activating group) is 1. The van der Waals surface area contributed by atoms with Crippen LogP contribution in [0.15, 0.2) is 0 Å². The maximum Gasteiger partial charge on any atom is 0.227 e. The molecule has 5 heteroatoms. The molecule has 1 amide bonds.